The number of hydrogen-bond donors (Lipinski definition) is 1. The Morgan fingerprint density at radius 3 is 3.00 bits per heavy atom. The predicted molar refractivity (Wildman–Crippen MR) is 87.0 cm³/mol. The van der Waals surface area contributed by atoms with E-state index < -0.39 is 10.0 Å². The van der Waals surface area contributed by atoms with E-state index >= 15 is 0 Å². The van der Waals surface area contributed by atoms with Crippen molar-refractivity contribution in [2.75, 3.05) is 11.5 Å². The van der Waals surface area contributed by atoms with Crippen LogP contribution in [0.5, 0.6) is 0 Å². The number of thiazole rings is 1. The highest BCUT2D eigenvalue weighted by Gasteiger charge is 2.20. The van der Waals surface area contributed by atoms with E-state index in [1.165, 1.54) is 11.3 Å². The van der Waals surface area contributed by atoms with Gasteiger partial charge in [0, 0.05) is 6.04 Å². The molecular formula is C13H18N2O2S3. The molecule has 1 N–H and O–H groups in total. The zero-order chi connectivity index (χ0) is 14.6. The van der Waals surface area contributed by atoms with Gasteiger partial charge in [-0.1, -0.05) is 13.0 Å². The van der Waals surface area contributed by atoms with Crippen molar-refractivity contribution in [3.8, 4) is 0 Å². The molecule has 0 spiro atoms. The van der Waals surface area contributed by atoms with Crippen LogP contribution in [-0.2, 0) is 10.0 Å². The van der Waals surface area contributed by atoms with E-state index in [9.17, 15) is 8.42 Å². The number of nitrogens with one attached hydrogen (secondary N) is 1. The van der Waals surface area contributed by atoms with Crippen LogP contribution in [0.25, 0.3) is 10.2 Å². The van der Waals surface area contributed by atoms with E-state index in [4.69, 9.17) is 0 Å². The van der Waals surface area contributed by atoms with Crippen molar-refractivity contribution in [2.24, 2.45) is 0 Å². The first-order valence-corrected chi connectivity index (χ1v) is 9.98. The Balaban J connectivity index is 2.16. The molecule has 4 nitrogen and oxygen atoms in total. The SMILES string of the molecule is CCSCCC(C)NS(=O)(=O)c1cccc2scnc12. The van der Waals surface area contributed by atoms with Crippen LogP contribution in [-0.4, -0.2) is 30.9 Å². The maximum absolute atomic E-state index is 12.4. The molecule has 1 atom stereocenters. The second kappa shape index (κ2) is 6.89. The van der Waals surface area contributed by atoms with E-state index in [-0.39, 0.29) is 10.9 Å². The smallest absolute Gasteiger partial charge is 0.243 e. The minimum atomic E-state index is -3.51. The number of thioether (sulfide) groups is 1. The van der Waals surface area contributed by atoms with Gasteiger partial charge >= 0.3 is 0 Å². The van der Waals surface area contributed by atoms with Gasteiger partial charge in [-0.15, -0.1) is 11.3 Å². The van der Waals surface area contributed by atoms with Crippen molar-refractivity contribution in [3.05, 3.63) is 23.7 Å². The molecule has 0 amide bonds. The zero-order valence-corrected chi connectivity index (χ0v) is 13.9. The fourth-order valence-corrected chi connectivity index (χ4v) is 4.90. The van der Waals surface area contributed by atoms with Crippen molar-refractivity contribution in [1.29, 1.82) is 0 Å². The summed E-state index contributed by atoms with van der Waals surface area (Å²) in [6.45, 7) is 4.00. The lowest BCUT2D eigenvalue weighted by Crippen LogP contribution is -2.33. The first-order chi connectivity index (χ1) is 9.54. The third kappa shape index (κ3) is 3.72. The fraction of sp³-hybridized carbons (Fsp3) is 0.462. The number of fused-ring (bicyclic) bond motifs is 1. The second-order valence-electron chi connectivity index (χ2n) is 4.46. The maximum Gasteiger partial charge on any atom is 0.243 e. The highest BCUT2D eigenvalue weighted by molar-refractivity contribution is 7.99. The van der Waals surface area contributed by atoms with Gasteiger partial charge in [0.25, 0.3) is 0 Å². The number of sulfonamides is 1. The first kappa shape index (κ1) is 15.8. The van der Waals surface area contributed by atoms with Crippen molar-refractivity contribution < 1.29 is 8.42 Å². The molecule has 2 rings (SSSR count). The van der Waals surface area contributed by atoms with Crippen LogP contribution >= 0.6 is 23.1 Å². The monoisotopic (exact) mass is 330 g/mol. The summed E-state index contributed by atoms with van der Waals surface area (Å²) in [6.07, 6.45) is 0.824. The molecule has 7 heteroatoms. The molecule has 0 radical (unpaired) electrons. The summed E-state index contributed by atoms with van der Waals surface area (Å²) in [6, 6.07) is 5.17. The van der Waals surface area contributed by atoms with Crippen LogP contribution in [0.2, 0.25) is 0 Å². The Bertz CT molecular complexity index is 667. The summed E-state index contributed by atoms with van der Waals surface area (Å²) in [5, 5.41) is 0. The van der Waals surface area contributed by atoms with Crippen LogP contribution in [0.4, 0.5) is 0 Å². The lowest BCUT2D eigenvalue weighted by atomic mass is 10.3. The third-order valence-electron chi connectivity index (χ3n) is 2.87. The third-order valence-corrected chi connectivity index (χ3v) is 6.22. The Hall–Kier alpha value is -0.630. The fourth-order valence-electron chi connectivity index (χ4n) is 1.87. The zero-order valence-electron chi connectivity index (χ0n) is 11.5. The maximum atomic E-state index is 12.4. The Labute approximate surface area is 128 Å². The molecule has 0 saturated carbocycles. The summed E-state index contributed by atoms with van der Waals surface area (Å²) in [7, 11) is -3.51. The Morgan fingerprint density at radius 2 is 2.25 bits per heavy atom. The number of para-hydroxylation sites is 1. The number of nitrogens with zero attached hydrogens (tertiary/aromatic N) is 1. The molecule has 1 aromatic heterocycles. The van der Waals surface area contributed by atoms with Gasteiger partial charge in [-0.05, 0) is 37.0 Å². The van der Waals surface area contributed by atoms with Gasteiger partial charge in [0.05, 0.1) is 10.2 Å². The van der Waals surface area contributed by atoms with Crippen molar-refractivity contribution in [2.45, 2.75) is 31.2 Å². The lowest BCUT2D eigenvalue weighted by molar-refractivity contribution is 0.558. The Kier molecular flexibility index (Phi) is 5.42. The van der Waals surface area contributed by atoms with Gasteiger partial charge < -0.3 is 0 Å². The number of benzene rings is 1. The summed E-state index contributed by atoms with van der Waals surface area (Å²) in [5.74, 6) is 2.01. The Morgan fingerprint density at radius 1 is 1.45 bits per heavy atom. The molecule has 0 aliphatic rings. The average Bonchev–Trinajstić information content (AvgIpc) is 2.86. The van der Waals surface area contributed by atoms with E-state index in [0.29, 0.717) is 5.52 Å². The molecule has 0 aliphatic carbocycles. The summed E-state index contributed by atoms with van der Waals surface area (Å²) in [4.78, 5) is 4.43. The molecule has 20 heavy (non-hydrogen) atoms. The van der Waals surface area contributed by atoms with Crippen molar-refractivity contribution in [1.82, 2.24) is 9.71 Å². The molecule has 110 valence electrons. The van der Waals surface area contributed by atoms with Gasteiger partial charge in [-0.25, -0.2) is 18.1 Å². The van der Waals surface area contributed by atoms with Crippen molar-refractivity contribution >= 4 is 43.3 Å². The van der Waals surface area contributed by atoms with Gasteiger partial charge in [0.15, 0.2) is 0 Å². The van der Waals surface area contributed by atoms with E-state index in [2.05, 4.69) is 16.6 Å². The molecule has 1 unspecified atom stereocenters. The standard InChI is InChI=1S/C13H18N2O2S3/c1-3-18-8-7-10(2)15-20(16,17)12-6-4-5-11-13(12)14-9-19-11/h4-6,9-10,15H,3,7-8H2,1-2H3. The molecule has 1 aromatic carbocycles. The normalized spacial score (nSPS) is 13.7. The number of hydrogen-bond acceptors (Lipinski definition) is 5. The van der Waals surface area contributed by atoms with Gasteiger partial charge in [-0.3, -0.25) is 0 Å². The van der Waals surface area contributed by atoms with E-state index in [0.717, 1.165) is 22.6 Å². The molecule has 1 heterocycles. The van der Waals surface area contributed by atoms with Crippen LogP contribution in [0, 0.1) is 0 Å². The highest BCUT2D eigenvalue weighted by atomic mass is 32.2. The van der Waals surface area contributed by atoms with Gasteiger partial charge in [0.1, 0.15) is 10.4 Å². The molecule has 0 bridgehead atoms. The van der Waals surface area contributed by atoms with E-state index in [1.807, 2.05) is 24.8 Å². The molecular weight excluding hydrogens is 312 g/mol. The predicted octanol–water partition coefficient (Wildman–Crippen LogP) is 3.11. The molecule has 0 saturated heterocycles. The number of rotatable bonds is 7. The molecule has 0 aliphatic heterocycles. The quantitative estimate of drug-likeness (QED) is 0.793. The van der Waals surface area contributed by atoms with Crippen LogP contribution < -0.4 is 4.72 Å². The van der Waals surface area contributed by atoms with Crippen LogP contribution in [0.15, 0.2) is 28.6 Å². The topological polar surface area (TPSA) is 59.1 Å². The van der Waals surface area contributed by atoms with E-state index in [1.54, 1.807) is 17.6 Å². The lowest BCUT2D eigenvalue weighted by Gasteiger charge is -2.14. The minimum Gasteiger partial charge on any atom is -0.243 e. The second-order valence-corrected chi connectivity index (χ2v) is 8.43. The van der Waals surface area contributed by atoms with Gasteiger partial charge in [0.2, 0.25) is 10.0 Å². The average molecular weight is 331 g/mol. The van der Waals surface area contributed by atoms with Gasteiger partial charge in [-0.2, -0.15) is 11.8 Å². The molecule has 2 aromatic rings. The largest absolute Gasteiger partial charge is 0.243 e. The summed E-state index contributed by atoms with van der Waals surface area (Å²) in [5.41, 5.74) is 2.23. The van der Waals surface area contributed by atoms with Crippen molar-refractivity contribution in [3.63, 3.8) is 0 Å². The summed E-state index contributed by atoms with van der Waals surface area (Å²) >= 11 is 3.26. The minimum absolute atomic E-state index is 0.0760. The number of aromatic nitrogens is 1. The van der Waals surface area contributed by atoms with Crippen LogP contribution in [0.1, 0.15) is 20.3 Å². The molecule has 0 fully saturated rings. The summed E-state index contributed by atoms with van der Waals surface area (Å²) < 4.78 is 28.5. The van der Waals surface area contributed by atoms with Crippen LogP contribution in [0.3, 0.4) is 0 Å². The first-order valence-electron chi connectivity index (χ1n) is 6.47. The highest BCUT2D eigenvalue weighted by Crippen LogP contribution is 2.24.